The Morgan fingerprint density at radius 2 is 1.87 bits per heavy atom. The molecule has 1 aliphatic heterocycles. The van der Waals surface area contributed by atoms with Gasteiger partial charge < -0.3 is 14.6 Å². The molecule has 0 unspecified atom stereocenters. The van der Waals surface area contributed by atoms with Crippen molar-refractivity contribution in [3.8, 4) is 0 Å². The molecule has 0 saturated carbocycles. The highest BCUT2D eigenvalue weighted by atomic mass is 16.5. The summed E-state index contributed by atoms with van der Waals surface area (Å²) in [6.45, 7) is 4.10. The quantitative estimate of drug-likeness (QED) is 0.785. The van der Waals surface area contributed by atoms with Crippen molar-refractivity contribution in [2.45, 2.75) is 63.7 Å². The van der Waals surface area contributed by atoms with E-state index in [0.717, 1.165) is 69.4 Å². The second-order valence-corrected chi connectivity index (χ2v) is 9.05. The maximum Gasteiger partial charge on any atom is 0.338 e. The third-order valence-electron chi connectivity index (χ3n) is 7.46. The molecule has 1 fully saturated rings. The van der Waals surface area contributed by atoms with E-state index in [4.69, 9.17) is 4.74 Å². The number of esters is 1. The normalized spacial score (nSPS) is 19.4. The van der Waals surface area contributed by atoms with Crippen molar-refractivity contribution in [2.75, 3.05) is 24.6 Å². The summed E-state index contributed by atoms with van der Waals surface area (Å²) in [6.07, 6.45) is 8.54. The summed E-state index contributed by atoms with van der Waals surface area (Å²) in [6, 6.07) is 8.32. The lowest BCUT2D eigenvalue weighted by Gasteiger charge is -2.41. The van der Waals surface area contributed by atoms with Crippen molar-refractivity contribution in [1.29, 1.82) is 0 Å². The van der Waals surface area contributed by atoms with Crippen LogP contribution in [-0.4, -0.2) is 30.6 Å². The average Bonchev–Trinajstić information content (AvgIpc) is 3.12. The van der Waals surface area contributed by atoms with E-state index in [1.165, 1.54) is 23.1 Å². The largest absolute Gasteiger partial charge is 0.462 e. The van der Waals surface area contributed by atoms with Gasteiger partial charge in [-0.2, -0.15) is 0 Å². The topological polar surface area (TPSA) is 62.4 Å². The lowest BCUT2D eigenvalue weighted by Crippen LogP contribution is -2.42. The van der Waals surface area contributed by atoms with Gasteiger partial charge in [-0.15, -0.1) is 0 Å². The van der Waals surface area contributed by atoms with Crippen LogP contribution in [0.15, 0.2) is 29.1 Å². The van der Waals surface area contributed by atoms with Crippen molar-refractivity contribution in [1.82, 2.24) is 4.98 Å². The number of pyridine rings is 1. The first-order chi connectivity index (χ1) is 14.6. The number of ether oxygens (including phenoxy) is 1. The molecule has 2 aliphatic carbocycles. The number of rotatable bonds is 3. The first kappa shape index (κ1) is 19.4. The number of anilines is 1. The van der Waals surface area contributed by atoms with Crippen molar-refractivity contribution in [3.05, 3.63) is 62.4 Å². The van der Waals surface area contributed by atoms with Crippen LogP contribution in [0.5, 0.6) is 0 Å². The van der Waals surface area contributed by atoms with Gasteiger partial charge in [-0.3, -0.25) is 4.79 Å². The zero-order valence-corrected chi connectivity index (χ0v) is 17.8. The Kier molecular flexibility index (Phi) is 4.92. The van der Waals surface area contributed by atoms with E-state index in [1.54, 1.807) is 0 Å². The fourth-order valence-electron chi connectivity index (χ4n) is 5.74. The van der Waals surface area contributed by atoms with E-state index in [1.807, 2.05) is 13.0 Å². The van der Waals surface area contributed by atoms with Gasteiger partial charge in [0.05, 0.1) is 12.2 Å². The Morgan fingerprint density at radius 1 is 1.07 bits per heavy atom. The summed E-state index contributed by atoms with van der Waals surface area (Å²) in [5, 5.41) is 0. The van der Waals surface area contributed by atoms with Crippen LogP contribution in [-0.2, 0) is 29.4 Å². The number of hydrogen-bond acceptors (Lipinski definition) is 4. The summed E-state index contributed by atoms with van der Waals surface area (Å²) >= 11 is 0. The molecule has 5 nitrogen and oxygen atoms in total. The van der Waals surface area contributed by atoms with Gasteiger partial charge in [0, 0.05) is 18.7 Å². The van der Waals surface area contributed by atoms with Gasteiger partial charge in [-0.05, 0) is 98.6 Å². The SMILES string of the molecule is CCOC(=O)c1ccc2c(c1)C1(CC2)CCN(c2cc3c(c(=O)[nH]2)CCCC3)CC1. The molecule has 1 aromatic heterocycles. The molecule has 30 heavy (non-hydrogen) atoms. The number of carbonyl (C=O) groups is 1. The third kappa shape index (κ3) is 3.24. The van der Waals surface area contributed by atoms with Crippen molar-refractivity contribution in [3.63, 3.8) is 0 Å². The first-order valence-electron chi connectivity index (χ1n) is 11.4. The lowest BCUT2D eigenvalue weighted by molar-refractivity contribution is 0.0526. The zero-order valence-electron chi connectivity index (χ0n) is 17.8. The van der Waals surface area contributed by atoms with Crippen LogP contribution in [0.2, 0.25) is 0 Å². The van der Waals surface area contributed by atoms with Crippen LogP contribution < -0.4 is 10.5 Å². The van der Waals surface area contributed by atoms with Gasteiger partial charge in [0.25, 0.3) is 5.56 Å². The van der Waals surface area contributed by atoms with Crippen molar-refractivity contribution < 1.29 is 9.53 Å². The molecule has 1 spiro atoms. The van der Waals surface area contributed by atoms with Gasteiger partial charge in [-0.25, -0.2) is 4.79 Å². The molecule has 0 radical (unpaired) electrons. The number of piperidine rings is 1. The Bertz CT molecular complexity index is 1030. The molecule has 1 N–H and O–H groups in total. The number of aromatic nitrogens is 1. The van der Waals surface area contributed by atoms with E-state index in [0.29, 0.717) is 12.2 Å². The molecule has 2 heterocycles. The lowest BCUT2D eigenvalue weighted by atomic mass is 9.73. The van der Waals surface area contributed by atoms with Crippen LogP contribution >= 0.6 is 0 Å². The summed E-state index contributed by atoms with van der Waals surface area (Å²) in [7, 11) is 0. The Hall–Kier alpha value is -2.56. The monoisotopic (exact) mass is 406 g/mol. The molecule has 5 rings (SSSR count). The third-order valence-corrected chi connectivity index (χ3v) is 7.46. The summed E-state index contributed by atoms with van der Waals surface area (Å²) < 4.78 is 5.21. The van der Waals surface area contributed by atoms with E-state index >= 15 is 0 Å². The maximum absolute atomic E-state index is 12.6. The molecule has 2 aromatic rings. The minimum Gasteiger partial charge on any atom is -0.462 e. The number of nitrogens with zero attached hydrogens (tertiary/aromatic N) is 1. The number of aryl methyl sites for hydroxylation is 2. The molecule has 1 saturated heterocycles. The Balaban J connectivity index is 1.37. The van der Waals surface area contributed by atoms with Crippen molar-refractivity contribution >= 4 is 11.8 Å². The van der Waals surface area contributed by atoms with E-state index in [-0.39, 0.29) is 16.9 Å². The maximum atomic E-state index is 12.6. The van der Waals surface area contributed by atoms with Gasteiger partial charge in [0.2, 0.25) is 0 Å². The standard InChI is InChI=1S/C25H30N2O3/c1-2-30-24(29)19-8-7-17-9-10-25(21(17)15-19)11-13-27(14-12-25)22-16-18-5-3-4-6-20(18)23(28)26-22/h7-8,15-16H,2-6,9-14H2,1H3,(H,26,28). The van der Waals surface area contributed by atoms with Crippen LogP contribution in [0.4, 0.5) is 5.82 Å². The van der Waals surface area contributed by atoms with Crippen LogP contribution in [0, 0.1) is 0 Å². The number of carbonyl (C=O) groups excluding carboxylic acids is 1. The Morgan fingerprint density at radius 3 is 2.67 bits per heavy atom. The second-order valence-electron chi connectivity index (χ2n) is 9.05. The summed E-state index contributed by atoms with van der Waals surface area (Å²) in [4.78, 5) is 30.3. The van der Waals surface area contributed by atoms with Gasteiger partial charge >= 0.3 is 5.97 Å². The number of nitrogens with one attached hydrogen (secondary N) is 1. The molecule has 0 bridgehead atoms. The molecule has 158 valence electrons. The molecule has 3 aliphatic rings. The number of hydrogen-bond donors (Lipinski definition) is 1. The highest BCUT2D eigenvalue weighted by Crippen LogP contribution is 2.47. The van der Waals surface area contributed by atoms with Crippen LogP contribution in [0.25, 0.3) is 0 Å². The van der Waals surface area contributed by atoms with Crippen molar-refractivity contribution in [2.24, 2.45) is 0 Å². The fraction of sp³-hybridized carbons (Fsp3) is 0.520. The second kappa shape index (κ2) is 7.60. The highest BCUT2D eigenvalue weighted by molar-refractivity contribution is 5.90. The van der Waals surface area contributed by atoms with E-state index in [2.05, 4.69) is 28.1 Å². The molecule has 1 aromatic carbocycles. The van der Waals surface area contributed by atoms with E-state index in [9.17, 15) is 9.59 Å². The first-order valence-corrected chi connectivity index (χ1v) is 11.4. The van der Waals surface area contributed by atoms with Crippen LogP contribution in [0.3, 0.4) is 0 Å². The molecular formula is C25H30N2O3. The van der Waals surface area contributed by atoms with Gasteiger partial charge in [0.15, 0.2) is 0 Å². The molecule has 0 amide bonds. The summed E-state index contributed by atoms with van der Waals surface area (Å²) in [5.41, 5.74) is 5.86. The predicted molar refractivity (Wildman–Crippen MR) is 118 cm³/mol. The van der Waals surface area contributed by atoms with Gasteiger partial charge in [-0.1, -0.05) is 6.07 Å². The van der Waals surface area contributed by atoms with E-state index < -0.39 is 0 Å². The smallest absolute Gasteiger partial charge is 0.338 e. The minimum atomic E-state index is -0.230. The van der Waals surface area contributed by atoms with Crippen LogP contribution in [0.1, 0.15) is 71.6 Å². The highest BCUT2D eigenvalue weighted by Gasteiger charge is 2.41. The zero-order chi connectivity index (χ0) is 20.7. The average molecular weight is 407 g/mol. The molecule has 5 heteroatoms. The number of fused-ring (bicyclic) bond motifs is 3. The number of aromatic amines is 1. The molecular weight excluding hydrogens is 376 g/mol. The predicted octanol–water partition coefficient (Wildman–Crippen LogP) is 3.91. The summed E-state index contributed by atoms with van der Waals surface area (Å²) in [5.74, 6) is 0.750. The Labute approximate surface area is 177 Å². The number of H-pyrrole nitrogens is 1. The minimum absolute atomic E-state index is 0.104. The number of benzene rings is 1. The fourth-order valence-corrected chi connectivity index (χ4v) is 5.74. The van der Waals surface area contributed by atoms with Gasteiger partial charge in [0.1, 0.15) is 5.82 Å². The molecule has 0 atom stereocenters.